The van der Waals surface area contributed by atoms with Crippen molar-refractivity contribution in [2.24, 2.45) is 0 Å². The van der Waals surface area contributed by atoms with Crippen molar-refractivity contribution in [2.45, 2.75) is 20.8 Å². The van der Waals surface area contributed by atoms with Crippen LogP contribution in [0.15, 0.2) is 24.3 Å². The molecule has 3 nitrogen and oxygen atoms in total. The number of aliphatic carboxylic acids is 1. The number of aryl methyl sites for hydroxylation is 1. The second-order valence-corrected chi connectivity index (χ2v) is 2.50. The van der Waals surface area contributed by atoms with Crippen molar-refractivity contribution >= 4 is 5.97 Å². The van der Waals surface area contributed by atoms with E-state index in [0.717, 1.165) is 5.56 Å². The fraction of sp³-hybridized carbons (Fsp3) is 0.364. The highest BCUT2D eigenvalue weighted by Gasteiger charge is 1.97. The van der Waals surface area contributed by atoms with E-state index in [4.69, 9.17) is 9.84 Å². The zero-order valence-corrected chi connectivity index (χ0v) is 8.78. The summed E-state index contributed by atoms with van der Waals surface area (Å²) in [4.78, 5) is 10.1. The summed E-state index contributed by atoms with van der Waals surface area (Å²) in [6, 6.07) is 7.24. The van der Waals surface area contributed by atoms with Gasteiger partial charge in [0.2, 0.25) is 0 Å². The van der Waals surface area contributed by atoms with E-state index in [0.29, 0.717) is 5.75 Å². The van der Waals surface area contributed by atoms with Gasteiger partial charge in [0, 0.05) is 0 Å². The van der Waals surface area contributed by atoms with Gasteiger partial charge < -0.3 is 9.84 Å². The summed E-state index contributed by atoms with van der Waals surface area (Å²) in [7, 11) is 0. The molecule has 0 saturated carbocycles. The highest BCUT2D eigenvalue weighted by Crippen LogP contribution is 2.10. The summed E-state index contributed by atoms with van der Waals surface area (Å²) in [6.45, 7) is 5.67. The first-order valence-corrected chi connectivity index (χ1v) is 4.60. The van der Waals surface area contributed by atoms with Crippen LogP contribution in [0, 0.1) is 6.92 Å². The average molecular weight is 196 g/mol. The normalized spacial score (nSPS) is 8.50. The molecule has 78 valence electrons. The van der Waals surface area contributed by atoms with Crippen molar-refractivity contribution in [1.29, 1.82) is 0 Å². The second kappa shape index (κ2) is 6.95. The van der Waals surface area contributed by atoms with Crippen molar-refractivity contribution in [3.05, 3.63) is 29.8 Å². The Morgan fingerprint density at radius 3 is 2.21 bits per heavy atom. The molecule has 0 fully saturated rings. The molecule has 0 aliphatic heterocycles. The quantitative estimate of drug-likeness (QED) is 0.807. The van der Waals surface area contributed by atoms with Crippen LogP contribution in [0.2, 0.25) is 0 Å². The summed E-state index contributed by atoms with van der Waals surface area (Å²) in [5, 5.41) is 8.30. The van der Waals surface area contributed by atoms with Crippen LogP contribution in [-0.2, 0) is 4.79 Å². The van der Waals surface area contributed by atoms with Gasteiger partial charge in [-0.25, -0.2) is 4.79 Å². The highest BCUT2D eigenvalue weighted by molar-refractivity contribution is 5.68. The number of carboxylic acid groups (broad SMARTS) is 1. The number of hydrogen-bond donors (Lipinski definition) is 1. The number of ether oxygens (including phenoxy) is 1. The summed E-state index contributed by atoms with van der Waals surface area (Å²) >= 11 is 0. The Labute approximate surface area is 84.3 Å². The van der Waals surface area contributed by atoms with E-state index < -0.39 is 5.97 Å². The molecule has 1 N–H and O–H groups in total. The molecule has 0 saturated heterocycles. The van der Waals surface area contributed by atoms with Crippen LogP contribution < -0.4 is 4.74 Å². The molecule has 0 heterocycles. The molecule has 0 aromatic heterocycles. The maximum atomic E-state index is 10.1. The molecule has 0 atom stereocenters. The maximum absolute atomic E-state index is 10.1. The summed E-state index contributed by atoms with van der Waals surface area (Å²) in [5.41, 5.74) is 1.12. The van der Waals surface area contributed by atoms with Crippen LogP contribution in [-0.4, -0.2) is 17.7 Å². The van der Waals surface area contributed by atoms with Crippen LogP contribution in [0.25, 0.3) is 0 Å². The van der Waals surface area contributed by atoms with E-state index >= 15 is 0 Å². The molecule has 0 aliphatic carbocycles. The van der Waals surface area contributed by atoms with E-state index in [2.05, 4.69) is 0 Å². The van der Waals surface area contributed by atoms with Gasteiger partial charge in [0.15, 0.2) is 6.61 Å². The van der Waals surface area contributed by atoms with Crippen LogP contribution >= 0.6 is 0 Å². The van der Waals surface area contributed by atoms with E-state index in [1.54, 1.807) is 12.1 Å². The Bertz CT molecular complexity index is 264. The first kappa shape index (κ1) is 12.5. The number of benzene rings is 1. The third kappa shape index (κ3) is 5.19. The zero-order valence-electron chi connectivity index (χ0n) is 8.78. The molecule has 3 heteroatoms. The monoisotopic (exact) mass is 196 g/mol. The van der Waals surface area contributed by atoms with Gasteiger partial charge in [-0.15, -0.1) is 0 Å². The molecule has 1 rings (SSSR count). The van der Waals surface area contributed by atoms with E-state index in [1.165, 1.54) is 0 Å². The highest BCUT2D eigenvalue weighted by atomic mass is 16.5. The molecule has 0 aliphatic rings. The van der Waals surface area contributed by atoms with E-state index in [1.807, 2.05) is 32.9 Å². The second-order valence-electron chi connectivity index (χ2n) is 2.50. The van der Waals surface area contributed by atoms with Gasteiger partial charge >= 0.3 is 5.97 Å². The van der Waals surface area contributed by atoms with Gasteiger partial charge in [-0.05, 0) is 19.1 Å². The lowest BCUT2D eigenvalue weighted by atomic mass is 10.2. The summed E-state index contributed by atoms with van der Waals surface area (Å²) < 4.78 is 4.92. The molecule has 0 unspecified atom stereocenters. The number of rotatable bonds is 3. The van der Waals surface area contributed by atoms with Gasteiger partial charge in [-0.2, -0.15) is 0 Å². The lowest BCUT2D eigenvalue weighted by Crippen LogP contribution is -2.09. The van der Waals surface area contributed by atoms with E-state index in [9.17, 15) is 4.79 Å². The summed E-state index contributed by atoms with van der Waals surface area (Å²) in [6.07, 6.45) is 0. The number of hydrogen-bond acceptors (Lipinski definition) is 2. The van der Waals surface area contributed by atoms with Crippen molar-refractivity contribution < 1.29 is 14.6 Å². The topological polar surface area (TPSA) is 46.5 Å². The molecular weight excluding hydrogens is 180 g/mol. The van der Waals surface area contributed by atoms with Gasteiger partial charge in [0.25, 0.3) is 0 Å². The van der Waals surface area contributed by atoms with Gasteiger partial charge in [-0.1, -0.05) is 31.5 Å². The molecule has 14 heavy (non-hydrogen) atoms. The first-order chi connectivity index (χ1) is 6.68. The van der Waals surface area contributed by atoms with Crippen molar-refractivity contribution in [3.63, 3.8) is 0 Å². The fourth-order valence-corrected chi connectivity index (χ4v) is 0.780. The minimum absolute atomic E-state index is 0.289. The molecule has 1 aromatic rings. The minimum atomic E-state index is -0.962. The predicted octanol–water partition coefficient (Wildman–Crippen LogP) is 2.48. The van der Waals surface area contributed by atoms with Crippen molar-refractivity contribution in [3.8, 4) is 5.75 Å². The molecule has 0 radical (unpaired) electrons. The molecule has 0 spiro atoms. The average Bonchev–Trinajstić information content (AvgIpc) is 2.20. The lowest BCUT2D eigenvalue weighted by molar-refractivity contribution is -0.139. The minimum Gasteiger partial charge on any atom is -0.482 e. The van der Waals surface area contributed by atoms with Crippen LogP contribution in [0.4, 0.5) is 0 Å². The Hall–Kier alpha value is -1.51. The first-order valence-electron chi connectivity index (χ1n) is 4.60. The number of carbonyl (C=O) groups is 1. The van der Waals surface area contributed by atoms with E-state index in [-0.39, 0.29) is 6.61 Å². The number of carboxylic acids is 1. The van der Waals surface area contributed by atoms with Crippen LogP contribution in [0.5, 0.6) is 5.75 Å². The van der Waals surface area contributed by atoms with Gasteiger partial charge in [0.1, 0.15) is 5.75 Å². The molecule has 1 aromatic carbocycles. The summed E-state index contributed by atoms with van der Waals surface area (Å²) in [5.74, 6) is -0.376. The predicted molar refractivity (Wildman–Crippen MR) is 55.7 cm³/mol. The van der Waals surface area contributed by atoms with Crippen molar-refractivity contribution in [1.82, 2.24) is 0 Å². The van der Waals surface area contributed by atoms with Gasteiger partial charge in [-0.3, -0.25) is 0 Å². The van der Waals surface area contributed by atoms with Crippen LogP contribution in [0.3, 0.4) is 0 Å². The smallest absolute Gasteiger partial charge is 0.341 e. The third-order valence-electron chi connectivity index (χ3n) is 1.38. The Kier molecular flexibility index (Phi) is 6.20. The lowest BCUT2D eigenvalue weighted by Gasteiger charge is -2.01. The molecule has 0 amide bonds. The Balaban J connectivity index is 0.000000791. The third-order valence-corrected chi connectivity index (χ3v) is 1.38. The molecular formula is C11H16O3. The maximum Gasteiger partial charge on any atom is 0.341 e. The standard InChI is InChI=1S/C9H10O3.C2H6/c1-7-2-4-8(5-3-7)12-6-9(10)11;1-2/h2-5H,6H2,1H3,(H,10,11);1-2H3. The Morgan fingerprint density at radius 2 is 1.79 bits per heavy atom. The zero-order chi connectivity index (χ0) is 11.0. The largest absolute Gasteiger partial charge is 0.482 e. The SMILES string of the molecule is CC.Cc1ccc(OCC(=O)O)cc1. The van der Waals surface area contributed by atoms with Crippen molar-refractivity contribution in [2.75, 3.05) is 6.61 Å². The fourth-order valence-electron chi connectivity index (χ4n) is 0.780. The van der Waals surface area contributed by atoms with Crippen LogP contribution in [0.1, 0.15) is 19.4 Å². The van der Waals surface area contributed by atoms with Gasteiger partial charge in [0.05, 0.1) is 0 Å². The molecule has 0 bridgehead atoms. The Morgan fingerprint density at radius 1 is 1.29 bits per heavy atom.